The molecule has 0 radical (unpaired) electrons. The van der Waals surface area contributed by atoms with E-state index in [4.69, 9.17) is 16.3 Å². The molecule has 0 N–H and O–H groups in total. The van der Waals surface area contributed by atoms with Gasteiger partial charge in [-0.1, -0.05) is 29.8 Å². The van der Waals surface area contributed by atoms with E-state index in [0.29, 0.717) is 22.8 Å². The summed E-state index contributed by atoms with van der Waals surface area (Å²) in [6.45, 7) is 0.297. The third kappa shape index (κ3) is 2.28. The number of rotatable bonds is 3. The lowest BCUT2D eigenvalue weighted by atomic mass is 10.1. The number of hydrogen-bond acceptors (Lipinski definition) is 3. The molecule has 0 aromatic heterocycles. The van der Waals surface area contributed by atoms with Gasteiger partial charge in [-0.25, -0.2) is 0 Å². The molecule has 4 nitrogen and oxygen atoms in total. The van der Waals surface area contributed by atoms with Gasteiger partial charge in [-0.05, 0) is 29.8 Å². The predicted octanol–water partition coefficient (Wildman–Crippen LogP) is 3.08. The van der Waals surface area contributed by atoms with E-state index in [1.807, 2.05) is 24.3 Å². The van der Waals surface area contributed by atoms with Crippen molar-refractivity contribution < 1.29 is 14.3 Å². The van der Waals surface area contributed by atoms with E-state index >= 15 is 0 Å². The van der Waals surface area contributed by atoms with Crippen LogP contribution >= 0.6 is 11.6 Å². The third-order valence-corrected chi connectivity index (χ3v) is 3.75. The molecule has 0 unspecified atom stereocenters. The average molecular weight is 302 g/mol. The van der Waals surface area contributed by atoms with Crippen molar-refractivity contribution in [3.8, 4) is 5.75 Å². The Bertz CT molecular complexity index is 725. The zero-order chi connectivity index (χ0) is 15.0. The van der Waals surface area contributed by atoms with Crippen molar-refractivity contribution in [2.45, 2.75) is 6.54 Å². The van der Waals surface area contributed by atoms with E-state index in [1.54, 1.807) is 25.3 Å². The molecule has 3 rings (SSSR count). The second-order valence-corrected chi connectivity index (χ2v) is 5.11. The first-order valence-electron chi connectivity index (χ1n) is 6.39. The normalized spacial score (nSPS) is 13.5. The summed E-state index contributed by atoms with van der Waals surface area (Å²) in [5, 5.41) is 0.403. The number of carbonyl (C=O) groups excluding carboxylic acids is 2. The Morgan fingerprint density at radius 2 is 1.81 bits per heavy atom. The lowest BCUT2D eigenvalue weighted by molar-refractivity contribution is -0.114. The molecule has 5 heteroatoms. The van der Waals surface area contributed by atoms with Gasteiger partial charge >= 0.3 is 0 Å². The summed E-state index contributed by atoms with van der Waals surface area (Å²) in [7, 11) is 1.59. The summed E-state index contributed by atoms with van der Waals surface area (Å²) >= 11 is 6.14. The van der Waals surface area contributed by atoms with E-state index in [0.717, 1.165) is 11.3 Å². The monoisotopic (exact) mass is 301 g/mol. The van der Waals surface area contributed by atoms with Gasteiger partial charge in [0.15, 0.2) is 0 Å². The van der Waals surface area contributed by atoms with Crippen LogP contribution in [0, 0.1) is 0 Å². The molecule has 0 saturated heterocycles. The lowest BCUT2D eigenvalue weighted by Gasteiger charge is -2.17. The number of nitrogens with zero attached hydrogens (tertiary/aromatic N) is 1. The van der Waals surface area contributed by atoms with Crippen LogP contribution in [0.5, 0.6) is 5.75 Å². The summed E-state index contributed by atoms with van der Waals surface area (Å²) in [5.41, 5.74) is 1.75. The second-order valence-electron chi connectivity index (χ2n) is 4.70. The minimum atomic E-state index is -0.547. The highest BCUT2D eigenvalue weighted by Crippen LogP contribution is 2.36. The topological polar surface area (TPSA) is 46.6 Å². The van der Waals surface area contributed by atoms with E-state index in [9.17, 15) is 9.59 Å². The smallest absolute Gasteiger partial charge is 0.299 e. The van der Waals surface area contributed by atoms with Crippen molar-refractivity contribution in [3.63, 3.8) is 0 Å². The van der Waals surface area contributed by atoms with Gasteiger partial charge in [0.1, 0.15) is 5.75 Å². The fourth-order valence-corrected chi connectivity index (χ4v) is 2.65. The van der Waals surface area contributed by atoms with E-state index in [1.165, 1.54) is 4.90 Å². The van der Waals surface area contributed by atoms with E-state index in [2.05, 4.69) is 0 Å². The zero-order valence-electron chi connectivity index (χ0n) is 11.3. The van der Waals surface area contributed by atoms with Crippen LogP contribution < -0.4 is 9.64 Å². The number of para-hydroxylation sites is 1. The zero-order valence-corrected chi connectivity index (χ0v) is 12.1. The van der Waals surface area contributed by atoms with E-state index in [-0.39, 0.29) is 0 Å². The Kier molecular flexibility index (Phi) is 3.39. The van der Waals surface area contributed by atoms with Gasteiger partial charge in [0.2, 0.25) is 0 Å². The number of carbonyl (C=O) groups is 2. The molecule has 21 heavy (non-hydrogen) atoms. The van der Waals surface area contributed by atoms with Gasteiger partial charge in [0.05, 0.1) is 29.9 Å². The largest absolute Gasteiger partial charge is 0.497 e. The fourth-order valence-electron chi connectivity index (χ4n) is 2.38. The van der Waals surface area contributed by atoms with Crippen LogP contribution in [0.1, 0.15) is 15.9 Å². The molecule has 0 atom stereocenters. The van der Waals surface area contributed by atoms with Crippen molar-refractivity contribution in [2.24, 2.45) is 0 Å². The lowest BCUT2D eigenvalue weighted by Crippen LogP contribution is -2.29. The quantitative estimate of drug-likeness (QED) is 0.819. The minimum Gasteiger partial charge on any atom is -0.497 e. The van der Waals surface area contributed by atoms with Crippen LogP contribution in [-0.2, 0) is 11.3 Å². The SMILES string of the molecule is COc1ccc(CN2C(=O)C(=O)c3cccc(Cl)c32)cc1. The van der Waals surface area contributed by atoms with Gasteiger partial charge in [0.25, 0.3) is 11.7 Å². The average Bonchev–Trinajstić information content (AvgIpc) is 2.74. The molecule has 0 fully saturated rings. The van der Waals surface area contributed by atoms with Crippen LogP contribution in [0.4, 0.5) is 5.69 Å². The number of halogens is 1. The number of fused-ring (bicyclic) bond motifs is 1. The molecule has 0 saturated carbocycles. The molecule has 1 aliphatic rings. The maximum atomic E-state index is 12.1. The summed E-state index contributed by atoms with van der Waals surface area (Å²) < 4.78 is 5.10. The molecule has 0 aliphatic carbocycles. The molecular formula is C16H12ClNO3. The van der Waals surface area contributed by atoms with E-state index < -0.39 is 11.7 Å². The van der Waals surface area contributed by atoms with Crippen LogP contribution in [0.25, 0.3) is 0 Å². The number of ketones is 1. The predicted molar refractivity (Wildman–Crippen MR) is 80.0 cm³/mol. The first kappa shape index (κ1) is 13.6. The third-order valence-electron chi connectivity index (χ3n) is 3.44. The second kappa shape index (κ2) is 5.22. The number of Topliss-reactive ketones (excluding diaryl/α,β-unsaturated/α-hetero) is 1. The highest BCUT2D eigenvalue weighted by molar-refractivity contribution is 6.54. The van der Waals surface area contributed by atoms with Crippen LogP contribution in [0.2, 0.25) is 5.02 Å². The van der Waals surface area contributed by atoms with Gasteiger partial charge in [-0.15, -0.1) is 0 Å². The number of amides is 1. The van der Waals surface area contributed by atoms with Crippen molar-refractivity contribution in [1.29, 1.82) is 0 Å². The molecule has 2 aromatic rings. The Labute approximate surface area is 126 Å². The Morgan fingerprint density at radius 3 is 2.48 bits per heavy atom. The standard InChI is InChI=1S/C16H12ClNO3/c1-21-11-7-5-10(6-8-11)9-18-14-12(15(19)16(18)20)3-2-4-13(14)17/h2-8H,9H2,1H3. The minimum absolute atomic E-state index is 0.297. The highest BCUT2D eigenvalue weighted by atomic mass is 35.5. The molecule has 1 heterocycles. The number of anilines is 1. The Balaban J connectivity index is 1.96. The molecule has 2 aromatic carbocycles. The Hall–Kier alpha value is -2.33. The van der Waals surface area contributed by atoms with Gasteiger partial charge < -0.3 is 4.74 Å². The maximum Gasteiger partial charge on any atom is 0.299 e. The number of hydrogen-bond donors (Lipinski definition) is 0. The summed E-state index contributed by atoms with van der Waals surface area (Å²) in [5.74, 6) is -0.323. The van der Waals surface area contributed by atoms with Crippen molar-refractivity contribution in [1.82, 2.24) is 0 Å². The first-order valence-corrected chi connectivity index (χ1v) is 6.77. The molecule has 106 valence electrons. The molecule has 0 bridgehead atoms. The Morgan fingerprint density at radius 1 is 1.10 bits per heavy atom. The van der Waals surface area contributed by atoms with Crippen LogP contribution in [-0.4, -0.2) is 18.8 Å². The first-order chi connectivity index (χ1) is 10.1. The van der Waals surface area contributed by atoms with Crippen molar-refractivity contribution in [2.75, 3.05) is 12.0 Å². The maximum absolute atomic E-state index is 12.1. The van der Waals surface area contributed by atoms with Gasteiger partial charge in [0, 0.05) is 0 Å². The molecular weight excluding hydrogens is 290 g/mol. The molecule has 0 spiro atoms. The number of methoxy groups -OCH3 is 1. The number of ether oxygens (including phenoxy) is 1. The fraction of sp³-hybridized carbons (Fsp3) is 0.125. The van der Waals surface area contributed by atoms with Gasteiger partial charge in [-0.2, -0.15) is 0 Å². The van der Waals surface area contributed by atoms with Crippen LogP contribution in [0.3, 0.4) is 0 Å². The molecule has 1 amide bonds. The van der Waals surface area contributed by atoms with Crippen molar-refractivity contribution in [3.05, 3.63) is 58.6 Å². The highest BCUT2D eigenvalue weighted by Gasteiger charge is 2.37. The number of benzene rings is 2. The summed E-state index contributed by atoms with van der Waals surface area (Å²) in [4.78, 5) is 25.5. The summed E-state index contributed by atoms with van der Waals surface area (Å²) in [6.07, 6.45) is 0. The summed E-state index contributed by atoms with van der Waals surface area (Å²) in [6, 6.07) is 12.3. The van der Waals surface area contributed by atoms with Crippen LogP contribution in [0.15, 0.2) is 42.5 Å². The molecule has 1 aliphatic heterocycles. The van der Waals surface area contributed by atoms with Crippen molar-refractivity contribution >= 4 is 29.0 Å². The van der Waals surface area contributed by atoms with Gasteiger partial charge in [-0.3, -0.25) is 14.5 Å².